The summed E-state index contributed by atoms with van der Waals surface area (Å²) in [5.41, 5.74) is 5.19. The van der Waals surface area contributed by atoms with Crippen molar-refractivity contribution in [3.05, 3.63) is 4.91 Å². The van der Waals surface area contributed by atoms with Crippen molar-refractivity contribution in [2.75, 3.05) is 0 Å². The number of nitrogens with zero attached hydrogens (tertiary/aromatic N) is 3. The molecule has 0 spiro atoms. The summed E-state index contributed by atoms with van der Waals surface area (Å²) in [7, 11) is 0. The zero-order valence-electron chi connectivity index (χ0n) is 5.48. The SMILES string of the molecule is CC(N)N=NC(C)N=O. The van der Waals surface area contributed by atoms with E-state index < -0.39 is 6.17 Å². The van der Waals surface area contributed by atoms with Crippen LogP contribution >= 0.6 is 0 Å². The number of hydrogen-bond acceptors (Lipinski definition) is 5. The molecule has 0 aromatic carbocycles. The van der Waals surface area contributed by atoms with Gasteiger partial charge in [-0.05, 0) is 19.0 Å². The van der Waals surface area contributed by atoms with Gasteiger partial charge in [0.2, 0.25) is 0 Å². The highest BCUT2D eigenvalue weighted by molar-refractivity contribution is 4.51. The average molecular weight is 130 g/mol. The van der Waals surface area contributed by atoms with Gasteiger partial charge in [-0.3, -0.25) is 0 Å². The Bertz CT molecular complexity index is 111. The van der Waals surface area contributed by atoms with Gasteiger partial charge in [-0.1, -0.05) is 0 Å². The smallest absolute Gasteiger partial charge is 0.199 e. The average Bonchev–Trinajstić information content (AvgIpc) is 1.83. The van der Waals surface area contributed by atoms with Crippen molar-refractivity contribution in [1.82, 2.24) is 0 Å². The molecule has 0 rings (SSSR count). The first kappa shape index (κ1) is 8.16. The number of rotatable bonds is 3. The van der Waals surface area contributed by atoms with Gasteiger partial charge in [0.25, 0.3) is 0 Å². The Morgan fingerprint density at radius 2 is 1.89 bits per heavy atom. The Morgan fingerprint density at radius 3 is 2.22 bits per heavy atom. The maximum atomic E-state index is 9.67. The van der Waals surface area contributed by atoms with Gasteiger partial charge in [0.15, 0.2) is 6.17 Å². The third kappa shape index (κ3) is 5.02. The van der Waals surface area contributed by atoms with Crippen LogP contribution in [0.2, 0.25) is 0 Å². The van der Waals surface area contributed by atoms with Crippen LogP contribution < -0.4 is 5.73 Å². The first-order valence-electron chi connectivity index (χ1n) is 2.65. The molecular weight excluding hydrogens is 120 g/mol. The summed E-state index contributed by atoms with van der Waals surface area (Å²) >= 11 is 0. The van der Waals surface area contributed by atoms with Crippen LogP contribution in [0.15, 0.2) is 15.4 Å². The molecule has 0 aliphatic heterocycles. The molecule has 52 valence electrons. The van der Waals surface area contributed by atoms with E-state index in [2.05, 4.69) is 15.4 Å². The van der Waals surface area contributed by atoms with Crippen LogP contribution in [0.1, 0.15) is 13.8 Å². The lowest BCUT2D eigenvalue weighted by atomic mass is 10.6. The highest BCUT2D eigenvalue weighted by Gasteiger charge is 1.94. The fourth-order valence-electron chi connectivity index (χ4n) is 0.223. The molecule has 5 heteroatoms. The Kier molecular flexibility index (Phi) is 3.70. The second-order valence-corrected chi connectivity index (χ2v) is 1.71. The molecule has 2 unspecified atom stereocenters. The molecule has 0 saturated heterocycles. The van der Waals surface area contributed by atoms with E-state index in [0.29, 0.717) is 0 Å². The molecule has 0 aliphatic rings. The summed E-state index contributed by atoms with van der Waals surface area (Å²) in [5, 5.41) is 9.56. The fraction of sp³-hybridized carbons (Fsp3) is 1.00. The molecule has 0 aromatic rings. The standard InChI is InChI=1S/C4H10N4O/c1-3(5)6-7-4(2)8-9/h3-4H,5H2,1-2H3. The first-order valence-corrected chi connectivity index (χ1v) is 2.65. The van der Waals surface area contributed by atoms with E-state index in [1.54, 1.807) is 13.8 Å². The predicted molar refractivity (Wildman–Crippen MR) is 33.8 cm³/mol. The van der Waals surface area contributed by atoms with Gasteiger partial charge < -0.3 is 5.73 Å². The van der Waals surface area contributed by atoms with E-state index in [-0.39, 0.29) is 6.17 Å². The third-order valence-corrected chi connectivity index (χ3v) is 0.568. The van der Waals surface area contributed by atoms with E-state index in [0.717, 1.165) is 0 Å². The van der Waals surface area contributed by atoms with Gasteiger partial charge in [-0.2, -0.15) is 10.2 Å². The van der Waals surface area contributed by atoms with Gasteiger partial charge in [0.1, 0.15) is 6.17 Å². The molecule has 0 amide bonds. The molecule has 0 aliphatic carbocycles. The van der Waals surface area contributed by atoms with Crippen LogP contribution in [0.4, 0.5) is 0 Å². The zero-order chi connectivity index (χ0) is 7.28. The molecule has 5 nitrogen and oxygen atoms in total. The Hall–Kier alpha value is -0.840. The summed E-state index contributed by atoms with van der Waals surface area (Å²) < 4.78 is 0. The maximum absolute atomic E-state index is 9.67. The van der Waals surface area contributed by atoms with Gasteiger partial charge in [0, 0.05) is 0 Å². The van der Waals surface area contributed by atoms with Crippen LogP contribution in [-0.2, 0) is 0 Å². The Labute approximate surface area is 53.3 Å². The van der Waals surface area contributed by atoms with E-state index >= 15 is 0 Å². The van der Waals surface area contributed by atoms with E-state index in [1.807, 2.05) is 0 Å². The number of nitroso groups, excluding NO2 is 1. The monoisotopic (exact) mass is 130 g/mol. The van der Waals surface area contributed by atoms with E-state index in [9.17, 15) is 4.91 Å². The third-order valence-electron chi connectivity index (χ3n) is 0.568. The van der Waals surface area contributed by atoms with E-state index in [1.165, 1.54) is 0 Å². The Morgan fingerprint density at radius 1 is 1.33 bits per heavy atom. The normalized spacial score (nSPS) is 17.7. The summed E-state index contributed by atoms with van der Waals surface area (Å²) in [4.78, 5) is 9.67. The van der Waals surface area contributed by atoms with Crippen molar-refractivity contribution >= 4 is 0 Å². The minimum atomic E-state index is -0.615. The van der Waals surface area contributed by atoms with Crippen LogP contribution in [0, 0.1) is 4.91 Å². The minimum Gasteiger partial charge on any atom is -0.308 e. The fourth-order valence-corrected chi connectivity index (χ4v) is 0.223. The minimum absolute atomic E-state index is 0.353. The quantitative estimate of drug-likeness (QED) is 0.454. The lowest BCUT2D eigenvalue weighted by molar-refractivity contribution is 0.645. The molecule has 0 fully saturated rings. The molecule has 0 bridgehead atoms. The molecule has 0 heterocycles. The predicted octanol–water partition coefficient (Wildman–Crippen LogP) is 0.856. The van der Waals surface area contributed by atoms with Crippen LogP contribution in [0.3, 0.4) is 0 Å². The second kappa shape index (κ2) is 4.08. The first-order chi connectivity index (χ1) is 4.16. The summed E-state index contributed by atoms with van der Waals surface area (Å²) in [6.07, 6.45) is -0.967. The van der Waals surface area contributed by atoms with Crippen molar-refractivity contribution in [1.29, 1.82) is 0 Å². The number of nitrogens with two attached hydrogens (primary N) is 1. The molecule has 0 aromatic heterocycles. The topological polar surface area (TPSA) is 80.2 Å². The molecule has 2 N–H and O–H groups in total. The zero-order valence-corrected chi connectivity index (χ0v) is 5.48. The molecule has 2 atom stereocenters. The van der Waals surface area contributed by atoms with Gasteiger partial charge in [-0.15, -0.1) is 4.91 Å². The van der Waals surface area contributed by atoms with Crippen molar-refractivity contribution in [3.63, 3.8) is 0 Å². The van der Waals surface area contributed by atoms with Crippen LogP contribution in [-0.4, -0.2) is 12.3 Å². The van der Waals surface area contributed by atoms with Crippen molar-refractivity contribution in [3.8, 4) is 0 Å². The van der Waals surface area contributed by atoms with Crippen molar-refractivity contribution < 1.29 is 0 Å². The maximum Gasteiger partial charge on any atom is 0.199 e. The number of hydrogen-bond donors (Lipinski definition) is 1. The van der Waals surface area contributed by atoms with Crippen molar-refractivity contribution in [2.24, 2.45) is 21.1 Å². The largest absolute Gasteiger partial charge is 0.308 e. The Balaban J connectivity index is 3.56. The summed E-state index contributed by atoms with van der Waals surface area (Å²) in [5.74, 6) is 0. The van der Waals surface area contributed by atoms with E-state index in [4.69, 9.17) is 5.73 Å². The summed E-state index contributed by atoms with van der Waals surface area (Å²) in [6, 6.07) is 0. The van der Waals surface area contributed by atoms with Gasteiger partial charge in [-0.25, -0.2) is 0 Å². The molecule has 9 heavy (non-hydrogen) atoms. The lowest BCUT2D eigenvalue weighted by Gasteiger charge is -1.93. The molecule has 0 radical (unpaired) electrons. The number of azo groups is 1. The highest BCUT2D eigenvalue weighted by Crippen LogP contribution is 1.91. The second-order valence-electron chi connectivity index (χ2n) is 1.71. The van der Waals surface area contributed by atoms with Gasteiger partial charge >= 0.3 is 0 Å². The van der Waals surface area contributed by atoms with Crippen molar-refractivity contribution in [2.45, 2.75) is 26.2 Å². The van der Waals surface area contributed by atoms with Crippen LogP contribution in [0.5, 0.6) is 0 Å². The van der Waals surface area contributed by atoms with Gasteiger partial charge in [0.05, 0.1) is 0 Å². The highest BCUT2D eigenvalue weighted by atomic mass is 16.3. The summed E-state index contributed by atoms with van der Waals surface area (Å²) in [6.45, 7) is 3.21. The molecule has 0 saturated carbocycles. The lowest BCUT2D eigenvalue weighted by Crippen LogP contribution is -2.10. The van der Waals surface area contributed by atoms with Crippen LogP contribution in [0.25, 0.3) is 0 Å². The molecular formula is C4H10N4O.